The highest BCUT2D eigenvalue weighted by molar-refractivity contribution is 9.10. The van der Waals surface area contributed by atoms with Gasteiger partial charge in [0, 0.05) is 11.4 Å². The standard InChI is InChI=1S/C16H20BrN3O/c1-10-4-6-13(11(2)19-10)15(20-18)9-12-5-7-16(21-3)14(17)8-12/h4-8,15,20H,9,18H2,1-3H3. The number of rotatable bonds is 5. The molecule has 1 heterocycles. The van der Waals surface area contributed by atoms with Gasteiger partial charge in [-0.3, -0.25) is 16.3 Å². The number of benzene rings is 1. The third-order valence-electron chi connectivity index (χ3n) is 3.50. The van der Waals surface area contributed by atoms with Crippen LogP contribution in [0.25, 0.3) is 0 Å². The van der Waals surface area contributed by atoms with Crippen molar-refractivity contribution in [3.63, 3.8) is 0 Å². The Morgan fingerprint density at radius 1 is 1.29 bits per heavy atom. The first kappa shape index (κ1) is 15.9. The minimum Gasteiger partial charge on any atom is -0.496 e. The van der Waals surface area contributed by atoms with Crippen molar-refractivity contribution < 1.29 is 4.74 Å². The highest BCUT2D eigenvalue weighted by atomic mass is 79.9. The third-order valence-corrected chi connectivity index (χ3v) is 4.12. The second kappa shape index (κ2) is 7.02. The fourth-order valence-electron chi connectivity index (χ4n) is 2.40. The van der Waals surface area contributed by atoms with E-state index < -0.39 is 0 Å². The van der Waals surface area contributed by atoms with E-state index in [0.29, 0.717) is 0 Å². The molecular formula is C16H20BrN3O. The molecule has 0 saturated carbocycles. The van der Waals surface area contributed by atoms with Crippen LogP contribution in [0, 0.1) is 13.8 Å². The molecule has 0 aliphatic carbocycles. The molecule has 5 heteroatoms. The van der Waals surface area contributed by atoms with E-state index in [9.17, 15) is 0 Å². The molecule has 0 saturated heterocycles. The van der Waals surface area contributed by atoms with Crippen LogP contribution in [-0.2, 0) is 6.42 Å². The highest BCUT2D eigenvalue weighted by Crippen LogP contribution is 2.28. The molecule has 1 unspecified atom stereocenters. The van der Waals surface area contributed by atoms with E-state index in [1.807, 2.05) is 32.0 Å². The number of hydrazine groups is 1. The van der Waals surface area contributed by atoms with Crippen LogP contribution in [0.5, 0.6) is 5.75 Å². The van der Waals surface area contributed by atoms with Crippen molar-refractivity contribution in [2.45, 2.75) is 26.3 Å². The van der Waals surface area contributed by atoms with Gasteiger partial charge in [0.2, 0.25) is 0 Å². The van der Waals surface area contributed by atoms with Crippen LogP contribution >= 0.6 is 15.9 Å². The molecule has 3 N–H and O–H groups in total. The number of nitrogens with two attached hydrogens (primary N) is 1. The highest BCUT2D eigenvalue weighted by Gasteiger charge is 2.14. The third kappa shape index (κ3) is 3.81. The Bertz CT molecular complexity index is 631. The van der Waals surface area contributed by atoms with Crippen LogP contribution in [0.4, 0.5) is 0 Å². The lowest BCUT2D eigenvalue weighted by atomic mass is 9.98. The topological polar surface area (TPSA) is 60.2 Å². The van der Waals surface area contributed by atoms with E-state index in [1.54, 1.807) is 7.11 Å². The Labute approximate surface area is 133 Å². The van der Waals surface area contributed by atoms with E-state index in [2.05, 4.69) is 38.5 Å². The fourth-order valence-corrected chi connectivity index (χ4v) is 2.98. The van der Waals surface area contributed by atoms with Gasteiger partial charge in [0.25, 0.3) is 0 Å². The maximum absolute atomic E-state index is 5.74. The van der Waals surface area contributed by atoms with Crippen LogP contribution in [0.1, 0.15) is 28.6 Å². The van der Waals surface area contributed by atoms with Gasteiger partial charge in [0.05, 0.1) is 17.6 Å². The first-order valence-electron chi connectivity index (χ1n) is 6.78. The number of aromatic nitrogens is 1. The molecule has 112 valence electrons. The molecule has 0 bridgehead atoms. The Morgan fingerprint density at radius 2 is 2.05 bits per heavy atom. The molecule has 0 spiro atoms. The molecule has 21 heavy (non-hydrogen) atoms. The van der Waals surface area contributed by atoms with E-state index in [0.717, 1.165) is 33.6 Å². The number of halogens is 1. The zero-order valence-corrected chi connectivity index (χ0v) is 14.1. The summed E-state index contributed by atoms with van der Waals surface area (Å²) in [6.45, 7) is 4.00. The second-order valence-electron chi connectivity index (χ2n) is 5.02. The van der Waals surface area contributed by atoms with Crippen molar-refractivity contribution in [1.29, 1.82) is 0 Å². The van der Waals surface area contributed by atoms with Crippen LogP contribution in [0.3, 0.4) is 0 Å². The minimum atomic E-state index is 0.0263. The Hall–Kier alpha value is -1.43. The van der Waals surface area contributed by atoms with Crippen LogP contribution in [0.2, 0.25) is 0 Å². The van der Waals surface area contributed by atoms with E-state index in [4.69, 9.17) is 10.6 Å². The predicted octanol–water partition coefficient (Wildman–Crippen LogP) is 3.22. The van der Waals surface area contributed by atoms with Crippen LogP contribution < -0.4 is 16.0 Å². The van der Waals surface area contributed by atoms with Crippen molar-refractivity contribution in [1.82, 2.24) is 10.4 Å². The summed E-state index contributed by atoms with van der Waals surface area (Å²) in [6.07, 6.45) is 0.782. The SMILES string of the molecule is COc1ccc(CC(NN)c2ccc(C)nc2C)cc1Br. The molecule has 1 aromatic carbocycles. The van der Waals surface area contributed by atoms with Crippen molar-refractivity contribution in [2.75, 3.05) is 7.11 Å². The quantitative estimate of drug-likeness (QED) is 0.642. The second-order valence-corrected chi connectivity index (χ2v) is 5.87. The first-order valence-corrected chi connectivity index (χ1v) is 7.57. The zero-order chi connectivity index (χ0) is 15.4. The maximum atomic E-state index is 5.74. The van der Waals surface area contributed by atoms with Crippen molar-refractivity contribution in [3.05, 3.63) is 57.3 Å². The van der Waals surface area contributed by atoms with E-state index in [1.165, 1.54) is 5.56 Å². The summed E-state index contributed by atoms with van der Waals surface area (Å²) in [7, 11) is 1.66. The van der Waals surface area contributed by atoms with E-state index in [-0.39, 0.29) is 6.04 Å². The van der Waals surface area contributed by atoms with Crippen LogP contribution in [0.15, 0.2) is 34.8 Å². The van der Waals surface area contributed by atoms with Gasteiger partial charge in [0.1, 0.15) is 5.75 Å². The summed E-state index contributed by atoms with van der Waals surface area (Å²) in [4.78, 5) is 4.50. The largest absolute Gasteiger partial charge is 0.496 e. The maximum Gasteiger partial charge on any atom is 0.133 e. The van der Waals surface area contributed by atoms with Gasteiger partial charge < -0.3 is 4.74 Å². The summed E-state index contributed by atoms with van der Waals surface area (Å²) >= 11 is 3.51. The van der Waals surface area contributed by atoms with Gasteiger partial charge >= 0.3 is 0 Å². The van der Waals surface area contributed by atoms with Gasteiger partial charge in [-0.25, -0.2) is 0 Å². The van der Waals surface area contributed by atoms with E-state index >= 15 is 0 Å². The number of aryl methyl sites for hydroxylation is 2. The summed E-state index contributed by atoms with van der Waals surface area (Å²) < 4.78 is 6.19. The number of pyridine rings is 1. The number of hydrogen-bond acceptors (Lipinski definition) is 4. The Kier molecular flexibility index (Phi) is 5.33. The van der Waals surface area contributed by atoms with Gasteiger partial charge in [-0.15, -0.1) is 0 Å². The lowest BCUT2D eigenvalue weighted by molar-refractivity contribution is 0.412. The lowest BCUT2D eigenvalue weighted by Gasteiger charge is -2.19. The molecule has 0 aliphatic heterocycles. The molecule has 2 rings (SSSR count). The molecule has 0 amide bonds. The van der Waals surface area contributed by atoms with Crippen molar-refractivity contribution in [3.8, 4) is 5.75 Å². The molecule has 0 fully saturated rings. The van der Waals surface area contributed by atoms with Crippen molar-refractivity contribution in [2.24, 2.45) is 5.84 Å². The Morgan fingerprint density at radius 3 is 2.62 bits per heavy atom. The summed E-state index contributed by atoms with van der Waals surface area (Å²) in [5.41, 5.74) is 7.20. The number of hydrogen-bond donors (Lipinski definition) is 2. The average molecular weight is 350 g/mol. The molecule has 2 aromatic rings. The molecule has 1 aromatic heterocycles. The fraction of sp³-hybridized carbons (Fsp3) is 0.312. The molecule has 4 nitrogen and oxygen atoms in total. The molecule has 0 aliphatic rings. The molecule has 1 atom stereocenters. The van der Waals surface area contributed by atoms with Gasteiger partial charge in [0.15, 0.2) is 0 Å². The predicted molar refractivity (Wildman–Crippen MR) is 88.2 cm³/mol. The molecule has 0 radical (unpaired) electrons. The zero-order valence-electron chi connectivity index (χ0n) is 12.5. The van der Waals surface area contributed by atoms with Gasteiger partial charge in [-0.05, 0) is 65.5 Å². The summed E-state index contributed by atoms with van der Waals surface area (Å²) in [5.74, 6) is 6.56. The first-order chi connectivity index (χ1) is 10.0. The van der Waals surface area contributed by atoms with Gasteiger partial charge in [-0.1, -0.05) is 12.1 Å². The van der Waals surface area contributed by atoms with Crippen LogP contribution in [-0.4, -0.2) is 12.1 Å². The number of nitrogens with zero attached hydrogens (tertiary/aromatic N) is 1. The minimum absolute atomic E-state index is 0.0263. The van der Waals surface area contributed by atoms with Gasteiger partial charge in [-0.2, -0.15) is 0 Å². The average Bonchev–Trinajstić information content (AvgIpc) is 2.45. The number of ether oxygens (including phenoxy) is 1. The molecular weight excluding hydrogens is 330 g/mol. The normalized spacial score (nSPS) is 12.2. The summed E-state index contributed by atoms with van der Waals surface area (Å²) in [6, 6.07) is 10.2. The summed E-state index contributed by atoms with van der Waals surface area (Å²) in [5, 5.41) is 0. The number of methoxy groups -OCH3 is 1. The number of nitrogens with one attached hydrogen (secondary N) is 1. The monoisotopic (exact) mass is 349 g/mol. The Balaban J connectivity index is 2.24. The smallest absolute Gasteiger partial charge is 0.133 e. The lowest BCUT2D eigenvalue weighted by Crippen LogP contribution is -2.30. The van der Waals surface area contributed by atoms with Crippen molar-refractivity contribution >= 4 is 15.9 Å².